The lowest BCUT2D eigenvalue weighted by molar-refractivity contribution is -0.147. The number of carbonyl (C=O) groups is 2. The van der Waals surface area contributed by atoms with E-state index in [-0.39, 0.29) is 5.91 Å². The number of nitrogens with one attached hydrogen (secondary N) is 1. The van der Waals surface area contributed by atoms with Gasteiger partial charge >= 0.3 is 5.97 Å². The number of ether oxygens (including phenoxy) is 1. The van der Waals surface area contributed by atoms with Crippen molar-refractivity contribution in [3.8, 4) is 5.75 Å². The maximum Gasteiger partial charge on any atom is 0.307 e. The van der Waals surface area contributed by atoms with Crippen LogP contribution in [0.2, 0.25) is 0 Å². The molecule has 0 bridgehead atoms. The molecule has 2 aromatic carbocycles. The molecule has 1 fully saturated rings. The van der Waals surface area contributed by atoms with Gasteiger partial charge in [0.2, 0.25) is 5.91 Å². The first-order chi connectivity index (χ1) is 12.6. The minimum atomic E-state index is -0.880. The van der Waals surface area contributed by atoms with E-state index in [1.165, 1.54) is 0 Å². The molecule has 0 aromatic heterocycles. The number of carbonyl (C=O) groups excluding carboxylic acids is 1. The average Bonchev–Trinajstić information content (AvgIpc) is 2.68. The van der Waals surface area contributed by atoms with Crippen LogP contribution in [0, 0.1) is 11.8 Å². The van der Waals surface area contributed by atoms with Crippen LogP contribution >= 0.6 is 0 Å². The molecule has 5 heteroatoms. The second-order valence-electron chi connectivity index (χ2n) is 6.62. The first-order valence-electron chi connectivity index (χ1n) is 8.94. The van der Waals surface area contributed by atoms with Gasteiger partial charge in [0.25, 0.3) is 0 Å². The lowest BCUT2D eigenvalue weighted by atomic mass is 9.78. The Balaban J connectivity index is 1.56. The summed E-state index contributed by atoms with van der Waals surface area (Å²) in [5.41, 5.74) is 1.73. The topological polar surface area (TPSA) is 75.6 Å². The van der Waals surface area contributed by atoms with Crippen molar-refractivity contribution in [1.29, 1.82) is 0 Å². The molecule has 3 rings (SSSR count). The zero-order chi connectivity index (χ0) is 18.4. The van der Waals surface area contributed by atoms with Gasteiger partial charge in [-0.3, -0.25) is 9.59 Å². The van der Waals surface area contributed by atoms with E-state index in [1.807, 2.05) is 30.3 Å². The van der Waals surface area contributed by atoms with Gasteiger partial charge in [-0.05, 0) is 42.7 Å². The van der Waals surface area contributed by atoms with E-state index < -0.39 is 17.8 Å². The number of anilines is 1. The Labute approximate surface area is 153 Å². The van der Waals surface area contributed by atoms with Crippen LogP contribution in [0.25, 0.3) is 0 Å². The van der Waals surface area contributed by atoms with Crippen LogP contribution in [-0.4, -0.2) is 17.0 Å². The highest BCUT2D eigenvalue weighted by atomic mass is 16.5. The smallest absolute Gasteiger partial charge is 0.307 e. The zero-order valence-corrected chi connectivity index (χ0v) is 14.6. The molecule has 0 unspecified atom stereocenters. The molecule has 2 N–H and O–H groups in total. The summed E-state index contributed by atoms with van der Waals surface area (Å²) in [7, 11) is 0. The van der Waals surface area contributed by atoms with E-state index in [1.54, 1.807) is 24.3 Å². The molecule has 1 saturated carbocycles. The molecule has 0 aliphatic heterocycles. The fraction of sp³-hybridized carbons (Fsp3) is 0.333. The Morgan fingerprint density at radius 1 is 0.962 bits per heavy atom. The number of hydrogen-bond acceptors (Lipinski definition) is 3. The molecule has 1 aliphatic carbocycles. The second-order valence-corrected chi connectivity index (χ2v) is 6.62. The monoisotopic (exact) mass is 353 g/mol. The molecule has 1 aliphatic rings. The first kappa shape index (κ1) is 18.0. The Morgan fingerprint density at radius 2 is 1.62 bits per heavy atom. The van der Waals surface area contributed by atoms with E-state index in [4.69, 9.17) is 4.74 Å². The summed E-state index contributed by atoms with van der Waals surface area (Å²) in [4.78, 5) is 23.8. The van der Waals surface area contributed by atoms with E-state index in [2.05, 4.69) is 5.32 Å². The molecule has 0 spiro atoms. The van der Waals surface area contributed by atoms with Crippen LogP contribution in [0.4, 0.5) is 5.69 Å². The summed E-state index contributed by atoms with van der Waals surface area (Å²) in [5, 5.41) is 12.2. The highest BCUT2D eigenvalue weighted by Crippen LogP contribution is 2.31. The summed E-state index contributed by atoms with van der Waals surface area (Å²) in [5.74, 6) is -1.43. The van der Waals surface area contributed by atoms with Crippen molar-refractivity contribution in [2.75, 3.05) is 5.32 Å². The predicted octanol–water partition coefficient (Wildman–Crippen LogP) is 4.10. The number of amides is 1. The van der Waals surface area contributed by atoms with Gasteiger partial charge < -0.3 is 15.2 Å². The molecular weight excluding hydrogens is 330 g/mol. The van der Waals surface area contributed by atoms with Crippen molar-refractivity contribution in [3.05, 3.63) is 60.2 Å². The SMILES string of the molecule is O=C(O)[C@@H]1CCCC[C@H]1C(=O)Nc1ccc(OCc2ccccc2)cc1. The molecule has 1 amide bonds. The molecular formula is C21H23NO4. The largest absolute Gasteiger partial charge is 0.489 e. The number of carboxylic acid groups (broad SMARTS) is 1. The van der Waals surface area contributed by atoms with Crippen molar-refractivity contribution < 1.29 is 19.4 Å². The molecule has 5 nitrogen and oxygen atoms in total. The van der Waals surface area contributed by atoms with Crippen LogP contribution in [0.15, 0.2) is 54.6 Å². The Morgan fingerprint density at radius 3 is 2.27 bits per heavy atom. The van der Waals surface area contributed by atoms with Gasteiger partial charge in [0.1, 0.15) is 12.4 Å². The highest BCUT2D eigenvalue weighted by Gasteiger charge is 2.35. The molecule has 136 valence electrons. The van der Waals surface area contributed by atoms with Crippen molar-refractivity contribution in [3.63, 3.8) is 0 Å². The number of aliphatic carboxylic acids is 1. The molecule has 0 heterocycles. The standard InChI is InChI=1S/C21H23NO4/c23-20(18-8-4-5-9-19(18)21(24)25)22-16-10-12-17(13-11-16)26-14-15-6-2-1-3-7-15/h1-3,6-7,10-13,18-19H,4-5,8-9,14H2,(H,22,23)(H,24,25)/t18-,19-/m1/s1. The number of benzene rings is 2. The summed E-state index contributed by atoms with van der Waals surface area (Å²) >= 11 is 0. The van der Waals surface area contributed by atoms with E-state index in [9.17, 15) is 14.7 Å². The van der Waals surface area contributed by atoms with Crippen LogP contribution in [0.5, 0.6) is 5.75 Å². The van der Waals surface area contributed by atoms with Crippen LogP contribution in [0.3, 0.4) is 0 Å². The molecule has 0 radical (unpaired) electrons. The van der Waals surface area contributed by atoms with Crippen LogP contribution in [-0.2, 0) is 16.2 Å². The van der Waals surface area contributed by atoms with Crippen molar-refractivity contribution in [2.45, 2.75) is 32.3 Å². The molecule has 26 heavy (non-hydrogen) atoms. The van der Waals surface area contributed by atoms with E-state index in [0.717, 1.165) is 18.4 Å². The molecule has 2 aromatic rings. The molecule has 2 atom stereocenters. The van der Waals surface area contributed by atoms with Crippen molar-refractivity contribution in [1.82, 2.24) is 0 Å². The van der Waals surface area contributed by atoms with Gasteiger partial charge in [-0.25, -0.2) is 0 Å². The maximum atomic E-state index is 12.5. The Kier molecular flexibility index (Phi) is 5.89. The third kappa shape index (κ3) is 4.63. The average molecular weight is 353 g/mol. The van der Waals surface area contributed by atoms with Crippen LogP contribution in [0.1, 0.15) is 31.2 Å². The van der Waals surface area contributed by atoms with Crippen LogP contribution < -0.4 is 10.1 Å². The third-order valence-electron chi connectivity index (χ3n) is 4.79. The third-order valence-corrected chi connectivity index (χ3v) is 4.79. The number of hydrogen-bond donors (Lipinski definition) is 2. The van der Waals surface area contributed by atoms with E-state index >= 15 is 0 Å². The van der Waals surface area contributed by atoms with Gasteiger partial charge in [0.05, 0.1) is 11.8 Å². The minimum Gasteiger partial charge on any atom is -0.489 e. The van der Waals surface area contributed by atoms with Gasteiger partial charge in [0, 0.05) is 5.69 Å². The summed E-state index contributed by atoms with van der Waals surface area (Å²) < 4.78 is 5.73. The maximum absolute atomic E-state index is 12.5. The summed E-state index contributed by atoms with van der Waals surface area (Å²) in [6, 6.07) is 17.0. The summed E-state index contributed by atoms with van der Waals surface area (Å²) in [6.07, 6.45) is 2.96. The Hall–Kier alpha value is -2.82. The Bertz CT molecular complexity index is 742. The normalized spacial score (nSPS) is 19.5. The lowest BCUT2D eigenvalue weighted by Crippen LogP contribution is -2.36. The fourth-order valence-electron chi connectivity index (χ4n) is 3.35. The van der Waals surface area contributed by atoms with Gasteiger partial charge in [-0.2, -0.15) is 0 Å². The van der Waals surface area contributed by atoms with Crippen molar-refractivity contribution >= 4 is 17.6 Å². The number of rotatable bonds is 6. The number of carboxylic acids is 1. The second kappa shape index (κ2) is 8.52. The fourth-order valence-corrected chi connectivity index (χ4v) is 3.35. The van der Waals surface area contributed by atoms with Crippen molar-refractivity contribution in [2.24, 2.45) is 11.8 Å². The zero-order valence-electron chi connectivity index (χ0n) is 14.6. The lowest BCUT2D eigenvalue weighted by Gasteiger charge is -2.27. The van der Waals surface area contributed by atoms with Gasteiger partial charge in [-0.1, -0.05) is 43.2 Å². The quantitative estimate of drug-likeness (QED) is 0.820. The summed E-state index contributed by atoms with van der Waals surface area (Å²) in [6.45, 7) is 0.481. The first-order valence-corrected chi connectivity index (χ1v) is 8.94. The molecule has 0 saturated heterocycles. The highest BCUT2D eigenvalue weighted by molar-refractivity contribution is 5.95. The van der Waals surface area contributed by atoms with Gasteiger partial charge in [-0.15, -0.1) is 0 Å². The van der Waals surface area contributed by atoms with Gasteiger partial charge in [0.15, 0.2) is 0 Å². The minimum absolute atomic E-state index is 0.213. The van der Waals surface area contributed by atoms with E-state index in [0.29, 0.717) is 30.9 Å². The predicted molar refractivity (Wildman–Crippen MR) is 98.9 cm³/mol.